The molecule has 0 atom stereocenters. The first kappa shape index (κ1) is 12.0. The zero-order valence-corrected chi connectivity index (χ0v) is 8.51. The van der Waals surface area contributed by atoms with Crippen LogP contribution in [0.15, 0.2) is 18.2 Å². The summed E-state index contributed by atoms with van der Waals surface area (Å²) in [4.78, 5) is 3.47. The molecule has 1 rings (SSSR count). The van der Waals surface area contributed by atoms with E-state index in [9.17, 15) is 13.2 Å². The lowest BCUT2D eigenvalue weighted by Gasteiger charge is -2.09. The number of aromatic nitrogens is 1. The molecule has 1 heterocycles. The van der Waals surface area contributed by atoms with Crippen LogP contribution in [-0.2, 0) is 17.5 Å². The molecule has 0 unspecified atom stereocenters. The van der Waals surface area contributed by atoms with Crippen molar-refractivity contribution in [2.45, 2.75) is 32.7 Å². The Morgan fingerprint density at radius 2 is 2.00 bits per heavy atom. The summed E-state index contributed by atoms with van der Waals surface area (Å²) in [6.45, 7) is 3.73. The van der Waals surface area contributed by atoms with Gasteiger partial charge in [-0.15, -0.1) is 0 Å². The fraction of sp³-hybridized carbons (Fsp3) is 0.500. The SMILES string of the molecule is CC(C)OCc1cccc(C(F)(F)F)n1. The van der Waals surface area contributed by atoms with Gasteiger partial charge in [0.05, 0.1) is 18.4 Å². The molecule has 0 saturated heterocycles. The molecule has 0 aliphatic heterocycles. The van der Waals surface area contributed by atoms with E-state index in [1.54, 1.807) is 0 Å². The number of halogens is 3. The quantitative estimate of drug-likeness (QED) is 0.779. The second-order valence-electron chi connectivity index (χ2n) is 3.37. The molecule has 0 aliphatic carbocycles. The molecular weight excluding hydrogens is 207 g/mol. The van der Waals surface area contributed by atoms with Crippen LogP contribution in [0.4, 0.5) is 13.2 Å². The van der Waals surface area contributed by atoms with Gasteiger partial charge in [0, 0.05) is 0 Å². The molecule has 0 spiro atoms. The molecule has 0 aromatic carbocycles. The van der Waals surface area contributed by atoms with Crippen molar-refractivity contribution in [1.29, 1.82) is 0 Å². The standard InChI is InChI=1S/C10H12F3NO/c1-7(2)15-6-8-4-3-5-9(14-8)10(11,12)13/h3-5,7H,6H2,1-2H3. The van der Waals surface area contributed by atoms with Crippen LogP contribution in [0.5, 0.6) is 0 Å². The average Bonchev–Trinajstić information content (AvgIpc) is 2.14. The van der Waals surface area contributed by atoms with Crippen molar-refractivity contribution >= 4 is 0 Å². The van der Waals surface area contributed by atoms with Crippen molar-refractivity contribution in [1.82, 2.24) is 4.98 Å². The summed E-state index contributed by atoms with van der Waals surface area (Å²) in [6.07, 6.45) is -4.42. The third kappa shape index (κ3) is 3.87. The van der Waals surface area contributed by atoms with Gasteiger partial charge < -0.3 is 4.74 Å². The smallest absolute Gasteiger partial charge is 0.373 e. The molecule has 1 aromatic heterocycles. The highest BCUT2D eigenvalue weighted by atomic mass is 19.4. The fourth-order valence-corrected chi connectivity index (χ4v) is 0.970. The minimum Gasteiger partial charge on any atom is -0.373 e. The summed E-state index contributed by atoms with van der Waals surface area (Å²) >= 11 is 0. The van der Waals surface area contributed by atoms with Crippen molar-refractivity contribution in [2.75, 3.05) is 0 Å². The van der Waals surface area contributed by atoms with Crippen LogP contribution < -0.4 is 0 Å². The van der Waals surface area contributed by atoms with E-state index < -0.39 is 11.9 Å². The predicted octanol–water partition coefficient (Wildman–Crippen LogP) is 3.03. The van der Waals surface area contributed by atoms with Crippen LogP contribution in [-0.4, -0.2) is 11.1 Å². The van der Waals surface area contributed by atoms with Gasteiger partial charge >= 0.3 is 6.18 Å². The van der Waals surface area contributed by atoms with Crippen LogP contribution in [0, 0.1) is 0 Å². The first-order valence-corrected chi connectivity index (χ1v) is 4.54. The Morgan fingerprint density at radius 3 is 2.53 bits per heavy atom. The van der Waals surface area contributed by atoms with Crippen LogP contribution in [0.25, 0.3) is 0 Å². The largest absolute Gasteiger partial charge is 0.433 e. The van der Waals surface area contributed by atoms with Gasteiger partial charge in [0.15, 0.2) is 0 Å². The van der Waals surface area contributed by atoms with E-state index >= 15 is 0 Å². The fourth-order valence-electron chi connectivity index (χ4n) is 0.970. The Morgan fingerprint density at radius 1 is 1.33 bits per heavy atom. The number of rotatable bonds is 3. The molecule has 84 valence electrons. The first-order chi connectivity index (χ1) is 6.89. The molecule has 0 bridgehead atoms. The Balaban J connectivity index is 2.75. The summed E-state index contributed by atoms with van der Waals surface area (Å²) in [5.41, 5.74) is -0.592. The Hall–Kier alpha value is -1.10. The van der Waals surface area contributed by atoms with E-state index in [2.05, 4.69) is 4.98 Å². The second kappa shape index (κ2) is 4.61. The normalized spacial score (nSPS) is 12.1. The summed E-state index contributed by atoms with van der Waals surface area (Å²) < 4.78 is 42.0. The number of nitrogens with zero attached hydrogens (tertiary/aromatic N) is 1. The predicted molar refractivity (Wildman–Crippen MR) is 49.2 cm³/mol. The van der Waals surface area contributed by atoms with Crippen molar-refractivity contribution in [3.8, 4) is 0 Å². The molecule has 1 aromatic rings. The number of ether oxygens (including phenoxy) is 1. The monoisotopic (exact) mass is 219 g/mol. The van der Waals surface area contributed by atoms with Crippen LogP contribution in [0.2, 0.25) is 0 Å². The average molecular weight is 219 g/mol. The molecule has 0 N–H and O–H groups in total. The maximum absolute atomic E-state index is 12.3. The molecule has 5 heteroatoms. The van der Waals surface area contributed by atoms with Crippen molar-refractivity contribution < 1.29 is 17.9 Å². The van der Waals surface area contributed by atoms with Gasteiger partial charge in [-0.05, 0) is 26.0 Å². The molecule has 0 saturated carbocycles. The molecule has 0 radical (unpaired) electrons. The second-order valence-corrected chi connectivity index (χ2v) is 3.37. The zero-order chi connectivity index (χ0) is 11.5. The summed E-state index contributed by atoms with van der Waals surface area (Å²) in [5.74, 6) is 0. The van der Waals surface area contributed by atoms with Gasteiger partial charge in [-0.1, -0.05) is 6.07 Å². The third-order valence-corrected chi connectivity index (χ3v) is 1.66. The van der Waals surface area contributed by atoms with E-state index in [-0.39, 0.29) is 12.7 Å². The molecule has 2 nitrogen and oxygen atoms in total. The first-order valence-electron chi connectivity index (χ1n) is 4.54. The molecule has 0 fully saturated rings. The molecular formula is C10H12F3NO. The highest BCUT2D eigenvalue weighted by Gasteiger charge is 2.32. The minimum absolute atomic E-state index is 0.0265. The highest BCUT2D eigenvalue weighted by molar-refractivity contribution is 5.13. The Bertz CT molecular complexity index is 323. The van der Waals surface area contributed by atoms with E-state index in [1.807, 2.05) is 13.8 Å². The number of alkyl halides is 3. The van der Waals surface area contributed by atoms with E-state index in [4.69, 9.17) is 4.74 Å². The summed E-state index contributed by atoms with van der Waals surface area (Å²) in [5, 5.41) is 0. The number of hydrogen-bond acceptors (Lipinski definition) is 2. The lowest BCUT2D eigenvalue weighted by atomic mass is 10.3. The van der Waals surface area contributed by atoms with Gasteiger partial charge in [0.25, 0.3) is 0 Å². The maximum atomic E-state index is 12.3. The van der Waals surface area contributed by atoms with Gasteiger partial charge in [0.2, 0.25) is 0 Å². The Kier molecular flexibility index (Phi) is 3.68. The van der Waals surface area contributed by atoms with Gasteiger partial charge in [-0.2, -0.15) is 13.2 Å². The van der Waals surface area contributed by atoms with E-state index in [0.717, 1.165) is 6.07 Å². The minimum atomic E-state index is -4.39. The van der Waals surface area contributed by atoms with Crippen molar-refractivity contribution in [2.24, 2.45) is 0 Å². The van der Waals surface area contributed by atoms with E-state index in [0.29, 0.717) is 5.69 Å². The molecule has 0 aliphatic rings. The summed E-state index contributed by atoms with van der Waals surface area (Å²) in [7, 11) is 0. The van der Waals surface area contributed by atoms with Crippen LogP contribution in [0.3, 0.4) is 0 Å². The molecule has 0 amide bonds. The van der Waals surface area contributed by atoms with Gasteiger partial charge in [-0.3, -0.25) is 0 Å². The van der Waals surface area contributed by atoms with Crippen molar-refractivity contribution in [3.05, 3.63) is 29.6 Å². The lowest BCUT2D eigenvalue weighted by molar-refractivity contribution is -0.141. The van der Waals surface area contributed by atoms with Crippen LogP contribution >= 0.6 is 0 Å². The highest BCUT2D eigenvalue weighted by Crippen LogP contribution is 2.27. The van der Waals surface area contributed by atoms with E-state index in [1.165, 1.54) is 12.1 Å². The van der Waals surface area contributed by atoms with Crippen molar-refractivity contribution in [3.63, 3.8) is 0 Å². The van der Waals surface area contributed by atoms with Gasteiger partial charge in [-0.25, -0.2) is 4.98 Å². The number of hydrogen-bond donors (Lipinski definition) is 0. The Labute approximate surface area is 86.1 Å². The lowest BCUT2D eigenvalue weighted by Crippen LogP contribution is -2.10. The zero-order valence-electron chi connectivity index (χ0n) is 8.51. The summed E-state index contributed by atoms with van der Waals surface area (Å²) in [6, 6.07) is 3.78. The molecule has 15 heavy (non-hydrogen) atoms. The maximum Gasteiger partial charge on any atom is 0.433 e. The third-order valence-electron chi connectivity index (χ3n) is 1.66. The van der Waals surface area contributed by atoms with Crippen LogP contribution in [0.1, 0.15) is 25.2 Å². The topological polar surface area (TPSA) is 22.1 Å². The van der Waals surface area contributed by atoms with Gasteiger partial charge in [0.1, 0.15) is 5.69 Å². The number of pyridine rings is 1.